The van der Waals surface area contributed by atoms with Crippen molar-refractivity contribution >= 4 is 39.2 Å². The number of piperidine rings is 1. The van der Waals surface area contributed by atoms with Gasteiger partial charge in [-0.3, -0.25) is 0 Å². The van der Waals surface area contributed by atoms with E-state index in [0.717, 1.165) is 23.1 Å². The Labute approximate surface area is 143 Å². The van der Waals surface area contributed by atoms with Crippen molar-refractivity contribution in [3.63, 3.8) is 0 Å². The van der Waals surface area contributed by atoms with Gasteiger partial charge in [-0.2, -0.15) is 0 Å². The zero-order valence-corrected chi connectivity index (χ0v) is 14.2. The maximum atomic E-state index is 11.9. The summed E-state index contributed by atoms with van der Waals surface area (Å²) in [6.07, 6.45) is 3.35. The number of likely N-dealkylation sites (tertiary alicyclic amines) is 1. The molecule has 1 N–H and O–H groups in total. The third-order valence-electron chi connectivity index (χ3n) is 3.74. The fourth-order valence-corrected chi connectivity index (χ4v) is 3.72. The van der Waals surface area contributed by atoms with E-state index in [9.17, 15) is 4.79 Å². The first kappa shape index (κ1) is 16.1. The largest absolute Gasteiger partial charge is 0.467 e. The maximum absolute atomic E-state index is 11.9. The van der Waals surface area contributed by atoms with Gasteiger partial charge in [0.05, 0.1) is 9.72 Å². The molecule has 7 heteroatoms. The standard InChI is InChI=1S/C16H18ClN3O2S/c1-2-8-18-15(21)20-9-6-11(7-10-20)22-16-19-14-12(17)4-3-5-13(14)23-16/h2-5,11H,1,6-10H2,(H,18,21). The van der Waals surface area contributed by atoms with E-state index in [4.69, 9.17) is 16.3 Å². The molecule has 1 aromatic carbocycles. The minimum absolute atomic E-state index is 0.0462. The summed E-state index contributed by atoms with van der Waals surface area (Å²) < 4.78 is 7.00. The van der Waals surface area contributed by atoms with Gasteiger partial charge >= 0.3 is 6.03 Å². The minimum atomic E-state index is -0.0462. The second-order valence-electron chi connectivity index (χ2n) is 5.35. The lowest BCUT2D eigenvalue weighted by Crippen LogP contribution is -2.46. The average molecular weight is 352 g/mol. The monoisotopic (exact) mass is 351 g/mol. The Morgan fingerprint density at radius 1 is 1.52 bits per heavy atom. The van der Waals surface area contributed by atoms with Crippen LogP contribution in [0.25, 0.3) is 10.2 Å². The first-order chi connectivity index (χ1) is 11.2. The SMILES string of the molecule is C=CCNC(=O)N1CCC(Oc2nc3c(Cl)cccc3s2)CC1. The summed E-state index contributed by atoms with van der Waals surface area (Å²) >= 11 is 7.64. The maximum Gasteiger partial charge on any atom is 0.317 e. The second-order valence-corrected chi connectivity index (χ2v) is 6.75. The van der Waals surface area contributed by atoms with Gasteiger partial charge in [0.15, 0.2) is 0 Å². The number of ether oxygens (including phenoxy) is 1. The van der Waals surface area contributed by atoms with Crippen molar-refractivity contribution in [2.45, 2.75) is 18.9 Å². The molecule has 1 saturated heterocycles. The van der Waals surface area contributed by atoms with Crippen molar-refractivity contribution < 1.29 is 9.53 Å². The molecule has 0 aliphatic carbocycles. The number of rotatable bonds is 4. The fourth-order valence-electron chi connectivity index (χ4n) is 2.54. The van der Waals surface area contributed by atoms with E-state index in [-0.39, 0.29) is 12.1 Å². The topological polar surface area (TPSA) is 54.5 Å². The molecule has 0 saturated carbocycles. The number of thiazole rings is 1. The fraction of sp³-hybridized carbons (Fsp3) is 0.375. The van der Waals surface area contributed by atoms with E-state index >= 15 is 0 Å². The van der Waals surface area contributed by atoms with Crippen LogP contribution in [0.2, 0.25) is 5.02 Å². The number of nitrogens with one attached hydrogen (secondary N) is 1. The molecule has 122 valence electrons. The Morgan fingerprint density at radius 2 is 2.30 bits per heavy atom. The summed E-state index contributed by atoms with van der Waals surface area (Å²) in [5, 5.41) is 4.08. The van der Waals surface area contributed by atoms with Crippen LogP contribution in [0.4, 0.5) is 4.79 Å². The molecule has 1 fully saturated rings. The predicted molar refractivity (Wildman–Crippen MR) is 93.4 cm³/mol. The molecule has 23 heavy (non-hydrogen) atoms. The highest BCUT2D eigenvalue weighted by atomic mass is 35.5. The molecule has 3 rings (SSSR count). The number of benzene rings is 1. The highest BCUT2D eigenvalue weighted by molar-refractivity contribution is 7.20. The van der Waals surface area contributed by atoms with Crippen LogP contribution in [0.15, 0.2) is 30.9 Å². The molecule has 0 radical (unpaired) electrons. The number of aromatic nitrogens is 1. The van der Waals surface area contributed by atoms with Crippen molar-refractivity contribution in [1.82, 2.24) is 15.2 Å². The highest BCUT2D eigenvalue weighted by Gasteiger charge is 2.24. The molecule has 0 spiro atoms. The number of carbonyl (C=O) groups is 1. The van der Waals surface area contributed by atoms with Crippen LogP contribution in [0.1, 0.15) is 12.8 Å². The second kappa shape index (κ2) is 7.19. The van der Waals surface area contributed by atoms with Crippen LogP contribution in [0.5, 0.6) is 5.19 Å². The number of amides is 2. The number of hydrogen-bond donors (Lipinski definition) is 1. The van der Waals surface area contributed by atoms with E-state index in [1.54, 1.807) is 11.0 Å². The third kappa shape index (κ3) is 3.76. The highest BCUT2D eigenvalue weighted by Crippen LogP contribution is 2.33. The molecule has 0 atom stereocenters. The Morgan fingerprint density at radius 3 is 3.00 bits per heavy atom. The lowest BCUT2D eigenvalue weighted by atomic mass is 10.1. The van der Waals surface area contributed by atoms with Crippen LogP contribution in [-0.2, 0) is 0 Å². The zero-order chi connectivity index (χ0) is 16.2. The molecular weight excluding hydrogens is 334 g/mol. The molecule has 1 aliphatic rings. The van der Waals surface area contributed by atoms with Crippen molar-refractivity contribution in [2.75, 3.05) is 19.6 Å². The van der Waals surface area contributed by atoms with Crippen molar-refractivity contribution in [3.8, 4) is 5.19 Å². The van der Waals surface area contributed by atoms with Crippen molar-refractivity contribution in [2.24, 2.45) is 0 Å². The van der Waals surface area contributed by atoms with Crippen molar-refractivity contribution in [3.05, 3.63) is 35.9 Å². The van der Waals surface area contributed by atoms with Gasteiger partial charge in [-0.25, -0.2) is 9.78 Å². The van der Waals surface area contributed by atoms with Gasteiger partial charge in [-0.05, 0) is 12.1 Å². The molecule has 1 aliphatic heterocycles. The van der Waals surface area contributed by atoms with Crippen LogP contribution < -0.4 is 10.1 Å². The summed E-state index contributed by atoms with van der Waals surface area (Å²) in [6, 6.07) is 5.68. The molecular formula is C16H18ClN3O2S. The number of halogens is 1. The van der Waals surface area contributed by atoms with E-state index in [1.807, 2.05) is 18.2 Å². The lowest BCUT2D eigenvalue weighted by Gasteiger charge is -2.31. The Kier molecular flexibility index (Phi) is 5.03. The van der Waals surface area contributed by atoms with Gasteiger partial charge < -0.3 is 15.0 Å². The van der Waals surface area contributed by atoms with Gasteiger partial charge in [-0.1, -0.05) is 35.1 Å². The molecule has 2 amide bonds. The van der Waals surface area contributed by atoms with E-state index in [1.165, 1.54) is 11.3 Å². The zero-order valence-electron chi connectivity index (χ0n) is 12.6. The summed E-state index contributed by atoms with van der Waals surface area (Å²) in [5.74, 6) is 0. The number of hydrogen-bond acceptors (Lipinski definition) is 4. The minimum Gasteiger partial charge on any atom is -0.467 e. The van der Waals surface area contributed by atoms with Crippen LogP contribution in [-0.4, -0.2) is 41.7 Å². The molecule has 2 aromatic rings. The summed E-state index contributed by atoms with van der Waals surface area (Å²) in [5.41, 5.74) is 0.787. The van der Waals surface area contributed by atoms with E-state index < -0.39 is 0 Å². The molecule has 0 unspecified atom stereocenters. The number of carbonyl (C=O) groups excluding carboxylic acids is 1. The Hall–Kier alpha value is -1.79. The quantitative estimate of drug-likeness (QED) is 0.855. The van der Waals surface area contributed by atoms with E-state index in [2.05, 4.69) is 16.9 Å². The van der Waals surface area contributed by atoms with Crippen LogP contribution in [0, 0.1) is 0 Å². The molecule has 0 bridgehead atoms. The normalized spacial score (nSPS) is 15.6. The van der Waals surface area contributed by atoms with Crippen LogP contribution in [0.3, 0.4) is 0 Å². The van der Waals surface area contributed by atoms with Gasteiger partial charge in [-0.15, -0.1) is 6.58 Å². The number of para-hydroxylation sites is 1. The lowest BCUT2D eigenvalue weighted by molar-refractivity contribution is 0.111. The third-order valence-corrected chi connectivity index (χ3v) is 4.96. The number of fused-ring (bicyclic) bond motifs is 1. The van der Waals surface area contributed by atoms with E-state index in [0.29, 0.717) is 29.9 Å². The summed E-state index contributed by atoms with van der Waals surface area (Å²) in [7, 11) is 0. The van der Waals surface area contributed by atoms with Gasteiger partial charge in [0.1, 0.15) is 11.6 Å². The smallest absolute Gasteiger partial charge is 0.317 e. The molecule has 2 heterocycles. The Bertz CT molecular complexity index is 710. The van der Waals surface area contributed by atoms with Gasteiger partial charge in [0.25, 0.3) is 5.19 Å². The van der Waals surface area contributed by atoms with Gasteiger partial charge in [0, 0.05) is 32.5 Å². The van der Waals surface area contributed by atoms with Crippen molar-refractivity contribution in [1.29, 1.82) is 0 Å². The molecule has 5 nitrogen and oxygen atoms in total. The first-order valence-electron chi connectivity index (χ1n) is 7.53. The average Bonchev–Trinajstić information content (AvgIpc) is 2.97. The molecule has 1 aromatic heterocycles. The number of urea groups is 1. The Balaban J connectivity index is 1.56. The summed E-state index contributed by atoms with van der Waals surface area (Å²) in [4.78, 5) is 18.1. The van der Waals surface area contributed by atoms with Gasteiger partial charge in [0.2, 0.25) is 0 Å². The van der Waals surface area contributed by atoms with Crippen LogP contribution >= 0.6 is 22.9 Å². The summed E-state index contributed by atoms with van der Waals surface area (Å²) in [6.45, 7) is 5.44. The number of nitrogens with zero attached hydrogens (tertiary/aromatic N) is 2. The first-order valence-corrected chi connectivity index (χ1v) is 8.72. The predicted octanol–water partition coefficient (Wildman–Crippen LogP) is 3.69.